The minimum absolute atomic E-state index is 0.00585. The average Bonchev–Trinajstić information content (AvgIpc) is 3.20. The Morgan fingerprint density at radius 3 is 2.03 bits per heavy atom. The summed E-state index contributed by atoms with van der Waals surface area (Å²) in [4.78, 5) is 0. The van der Waals surface area contributed by atoms with Gasteiger partial charge in [-0.3, -0.25) is 4.57 Å². The average molecular weight is 515 g/mol. The van der Waals surface area contributed by atoms with Crippen LogP contribution in [0.4, 0.5) is 0 Å². The van der Waals surface area contributed by atoms with E-state index in [0.29, 0.717) is 12.3 Å². The third kappa shape index (κ3) is 5.20. The van der Waals surface area contributed by atoms with Gasteiger partial charge in [0.05, 0.1) is 16.9 Å². The van der Waals surface area contributed by atoms with Crippen LogP contribution in [0.1, 0.15) is 37.6 Å². The number of nitrogens with zero attached hydrogens (tertiary/aromatic N) is 2. The van der Waals surface area contributed by atoms with Gasteiger partial charge in [0.1, 0.15) is 11.8 Å². The third-order valence-electron chi connectivity index (χ3n) is 5.58. The van der Waals surface area contributed by atoms with Crippen molar-refractivity contribution in [2.45, 2.75) is 32.8 Å². The summed E-state index contributed by atoms with van der Waals surface area (Å²) in [6, 6.07) is 33.4. The Morgan fingerprint density at radius 1 is 0.879 bits per heavy atom. The van der Waals surface area contributed by atoms with E-state index in [1.807, 2.05) is 28.8 Å². The molecule has 1 radical (unpaired) electrons. The molecule has 0 atom stereocenters. The van der Waals surface area contributed by atoms with Gasteiger partial charge in [0.2, 0.25) is 0 Å². The molecule has 0 unspecified atom stereocenters. The summed E-state index contributed by atoms with van der Waals surface area (Å²) in [5.74, 6) is 0. The van der Waals surface area contributed by atoms with E-state index < -0.39 is 9.04 Å². The van der Waals surface area contributed by atoms with E-state index in [0.717, 1.165) is 15.9 Å². The predicted molar refractivity (Wildman–Crippen MR) is 140 cm³/mol. The van der Waals surface area contributed by atoms with Gasteiger partial charge in [0.15, 0.2) is 0 Å². The first kappa shape index (κ1) is 23.3. The molecule has 0 saturated heterocycles. The Labute approximate surface area is 206 Å². The molecule has 0 spiro atoms. The van der Waals surface area contributed by atoms with Gasteiger partial charge in [-0.1, -0.05) is 93.6 Å². The Morgan fingerprint density at radius 2 is 1.48 bits per heavy atom. The highest BCUT2D eigenvalue weighted by Gasteiger charge is 2.22. The molecule has 4 rings (SSSR count). The molecule has 1 heterocycles. The molecule has 3 nitrogen and oxygen atoms in total. The van der Waals surface area contributed by atoms with E-state index in [2.05, 4.69) is 110 Å². The summed E-state index contributed by atoms with van der Waals surface area (Å²) in [5.41, 5.74) is 3.85. The first-order valence-corrected chi connectivity index (χ1v) is 13.1. The molecule has 0 aliphatic rings. The smallest absolute Gasteiger partial charge is 0.283 e. The number of aromatic nitrogens is 1. The van der Waals surface area contributed by atoms with E-state index in [9.17, 15) is 5.26 Å². The minimum Gasteiger partial charge on any atom is -0.403 e. The third-order valence-corrected chi connectivity index (χ3v) is 8.35. The van der Waals surface area contributed by atoms with Gasteiger partial charge in [0, 0.05) is 5.56 Å². The van der Waals surface area contributed by atoms with Crippen LogP contribution in [-0.2, 0) is 16.4 Å². The molecule has 0 aliphatic carbocycles. The molecule has 4 aromatic rings. The fourth-order valence-corrected chi connectivity index (χ4v) is 6.26. The second-order valence-electron chi connectivity index (χ2n) is 8.93. The lowest BCUT2D eigenvalue weighted by atomic mass is 9.86. The topological polar surface area (TPSA) is 38.0 Å². The Bertz CT molecular complexity index is 1230. The van der Waals surface area contributed by atoms with Gasteiger partial charge in [0.25, 0.3) is 9.04 Å². The lowest BCUT2D eigenvalue weighted by Gasteiger charge is -2.23. The van der Waals surface area contributed by atoms with Crippen molar-refractivity contribution in [1.82, 2.24) is 4.57 Å². The largest absolute Gasteiger partial charge is 0.403 e. The zero-order valence-corrected chi connectivity index (χ0v) is 21.6. The van der Waals surface area contributed by atoms with Crippen LogP contribution in [0.15, 0.2) is 95.6 Å². The summed E-state index contributed by atoms with van der Waals surface area (Å²) >= 11 is 3.62. The summed E-state index contributed by atoms with van der Waals surface area (Å²) < 4.78 is 9.51. The molecule has 0 aliphatic heterocycles. The Hall–Kier alpha value is -2.91. The van der Waals surface area contributed by atoms with Crippen molar-refractivity contribution in [3.8, 4) is 11.8 Å². The van der Waals surface area contributed by atoms with Crippen molar-refractivity contribution >= 4 is 35.3 Å². The standard InChI is InChI=1S/C28H26BrN2OSi/c1-28(2,3)22-14-16-26(31-23(19-30)15-17-27(31)29)21(18-22)20-32-33(24-10-6-4-7-11-24)25-12-8-5-9-13-25/h4-18H,20H2,1-3H3. The molecule has 0 bridgehead atoms. The maximum Gasteiger partial charge on any atom is 0.283 e. The highest BCUT2D eigenvalue weighted by Crippen LogP contribution is 2.30. The van der Waals surface area contributed by atoms with Gasteiger partial charge in [-0.25, -0.2) is 0 Å². The highest BCUT2D eigenvalue weighted by molar-refractivity contribution is 9.10. The second-order valence-corrected chi connectivity index (χ2v) is 11.8. The van der Waals surface area contributed by atoms with Gasteiger partial charge < -0.3 is 4.43 Å². The lowest BCUT2D eigenvalue weighted by molar-refractivity contribution is 0.321. The molecule has 1 aromatic heterocycles. The SMILES string of the molecule is CC(C)(C)c1ccc(-n2c(Br)ccc2C#N)c(CO[Si](c2ccccc2)c2ccccc2)c1. The fourth-order valence-electron chi connectivity index (χ4n) is 3.79. The van der Waals surface area contributed by atoms with Crippen molar-refractivity contribution in [1.29, 1.82) is 5.26 Å². The summed E-state index contributed by atoms with van der Waals surface area (Å²) in [6.45, 7) is 7.08. The summed E-state index contributed by atoms with van der Waals surface area (Å²) in [6.07, 6.45) is 0. The summed E-state index contributed by atoms with van der Waals surface area (Å²) in [7, 11) is -1.44. The number of benzene rings is 3. The van der Waals surface area contributed by atoms with Crippen molar-refractivity contribution in [2.24, 2.45) is 0 Å². The van der Waals surface area contributed by atoms with Crippen LogP contribution < -0.4 is 10.4 Å². The molecule has 3 aromatic carbocycles. The van der Waals surface area contributed by atoms with Gasteiger partial charge in [-0.15, -0.1) is 0 Å². The molecule has 0 amide bonds. The molecular weight excluding hydrogens is 488 g/mol. The Balaban J connectivity index is 1.77. The van der Waals surface area contributed by atoms with E-state index in [-0.39, 0.29) is 5.41 Å². The van der Waals surface area contributed by atoms with E-state index in [1.165, 1.54) is 15.9 Å². The van der Waals surface area contributed by atoms with E-state index >= 15 is 0 Å². The monoisotopic (exact) mass is 513 g/mol. The van der Waals surface area contributed by atoms with Crippen molar-refractivity contribution < 1.29 is 4.43 Å². The maximum atomic E-state index is 9.67. The Kier molecular flexibility index (Phi) is 6.99. The lowest BCUT2D eigenvalue weighted by Crippen LogP contribution is -2.44. The quantitative estimate of drug-likeness (QED) is 0.308. The molecule has 0 fully saturated rings. The first-order chi connectivity index (χ1) is 15.9. The van der Waals surface area contributed by atoms with Crippen molar-refractivity contribution in [3.05, 3.63) is 112 Å². The molecule has 33 heavy (non-hydrogen) atoms. The molecule has 0 N–H and O–H groups in total. The number of nitriles is 1. The van der Waals surface area contributed by atoms with Crippen LogP contribution >= 0.6 is 15.9 Å². The maximum absolute atomic E-state index is 9.67. The van der Waals surface area contributed by atoms with Crippen LogP contribution in [0, 0.1) is 11.3 Å². The normalized spacial score (nSPS) is 11.5. The van der Waals surface area contributed by atoms with Gasteiger partial charge in [-0.05, 0) is 55.5 Å². The van der Waals surface area contributed by atoms with Crippen LogP contribution in [0.25, 0.3) is 5.69 Å². The number of rotatable bonds is 6. The van der Waals surface area contributed by atoms with Crippen molar-refractivity contribution in [3.63, 3.8) is 0 Å². The number of hydrogen-bond donors (Lipinski definition) is 0. The molecule has 5 heteroatoms. The van der Waals surface area contributed by atoms with Crippen LogP contribution in [0.2, 0.25) is 0 Å². The summed E-state index contributed by atoms with van der Waals surface area (Å²) in [5, 5.41) is 12.1. The highest BCUT2D eigenvalue weighted by atomic mass is 79.9. The van der Waals surface area contributed by atoms with Gasteiger partial charge >= 0.3 is 0 Å². The fraction of sp³-hybridized carbons (Fsp3) is 0.179. The minimum atomic E-state index is -1.44. The predicted octanol–water partition coefficient (Wildman–Crippen LogP) is 5.73. The zero-order valence-electron chi connectivity index (χ0n) is 19.0. The van der Waals surface area contributed by atoms with Crippen LogP contribution in [0.3, 0.4) is 0 Å². The molecule has 165 valence electrons. The number of halogens is 1. The van der Waals surface area contributed by atoms with Crippen LogP contribution in [0.5, 0.6) is 0 Å². The molecular formula is C28H26BrN2OSi. The van der Waals surface area contributed by atoms with Crippen molar-refractivity contribution in [2.75, 3.05) is 0 Å². The van der Waals surface area contributed by atoms with E-state index in [4.69, 9.17) is 4.43 Å². The first-order valence-electron chi connectivity index (χ1n) is 10.9. The van der Waals surface area contributed by atoms with E-state index in [1.54, 1.807) is 0 Å². The van der Waals surface area contributed by atoms with Crippen LogP contribution in [-0.4, -0.2) is 13.6 Å². The number of hydrogen-bond acceptors (Lipinski definition) is 2. The molecule has 0 saturated carbocycles. The van der Waals surface area contributed by atoms with Gasteiger partial charge in [-0.2, -0.15) is 5.26 Å². The zero-order chi connectivity index (χ0) is 23.4. The second kappa shape index (κ2) is 9.92.